The number of hydrogen-bond acceptors (Lipinski definition) is 7. The van der Waals surface area contributed by atoms with E-state index in [1.165, 1.54) is 53.4 Å². The Kier molecular flexibility index (Phi) is 12.1. The molecule has 0 spiro atoms. The average molecular weight is 867 g/mol. The highest BCUT2D eigenvalue weighted by molar-refractivity contribution is 14.1. The van der Waals surface area contributed by atoms with Gasteiger partial charge in [-0.1, -0.05) is 92.1 Å². The Morgan fingerprint density at radius 2 is 1.52 bits per heavy atom. The summed E-state index contributed by atoms with van der Waals surface area (Å²) in [6, 6.07) is 30.5. The van der Waals surface area contributed by atoms with Crippen LogP contribution in [0.15, 0.2) is 133 Å². The summed E-state index contributed by atoms with van der Waals surface area (Å²) in [5, 5.41) is 6.11. The molecule has 1 amide bonds. The fourth-order valence-corrected chi connectivity index (χ4v) is 7.25. The fourth-order valence-electron chi connectivity index (χ4n) is 6.67. The van der Waals surface area contributed by atoms with Gasteiger partial charge in [-0.15, -0.1) is 0 Å². The zero-order chi connectivity index (χ0) is 39.0. The summed E-state index contributed by atoms with van der Waals surface area (Å²) in [7, 11) is 0. The first-order chi connectivity index (χ1) is 27.2. The number of carbonyl (C=O) groups excluding carboxylic acids is 2. The number of halogens is 3. The molecule has 1 aliphatic carbocycles. The van der Waals surface area contributed by atoms with Crippen LogP contribution in [-0.4, -0.2) is 21.4 Å². The molecule has 0 aliphatic heterocycles. The van der Waals surface area contributed by atoms with Crippen LogP contribution in [0.3, 0.4) is 0 Å². The van der Waals surface area contributed by atoms with E-state index in [1.807, 2.05) is 60.7 Å². The lowest BCUT2D eigenvalue weighted by Gasteiger charge is -2.22. The largest absolute Gasteiger partial charge is 0.453 e. The number of amides is 1. The molecule has 2 N–H and O–H groups in total. The lowest BCUT2D eigenvalue weighted by atomic mass is 9.89. The van der Waals surface area contributed by atoms with Crippen molar-refractivity contribution >= 4 is 46.0 Å². The first-order valence-corrected chi connectivity index (χ1v) is 19.3. The van der Waals surface area contributed by atoms with E-state index < -0.39 is 23.0 Å². The lowest BCUT2D eigenvalue weighted by Crippen LogP contribution is -2.26. The van der Waals surface area contributed by atoms with Crippen LogP contribution >= 0.6 is 22.6 Å². The van der Waals surface area contributed by atoms with Crippen LogP contribution in [0.2, 0.25) is 0 Å². The second-order valence-electron chi connectivity index (χ2n) is 13.4. The van der Waals surface area contributed by atoms with Gasteiger partial charge in [0.15, 0.2) is 18.3 Å². The highest BCUT2D eigenvalue weighted by atomic mass is 127. The summed E-state index contributed by atoms with van der Waals surface area (Å²) in [5.74, 6) is -1.79. The zero-order valence-electron chi connectivity index (χ0n) is 30.1. The van der Waals surface area contributed by atoms with Gasteiger partial charge in [-0.25, -0.2) is 13.8 Å². The van der Waals surface area contributed by atoms with Crippen LogP contribution in [0.25, 0.3) is 11.1 Å². The molecule has 0 atom stereocenters. The number of rotatable bonds is 12. The first-order valence-electron chi connectivity index (χ1n) is 18.2. The molecule has 0 radical (unpaired) electrons. The molecule has 6 aromatic rings. The number of ether oxygens (including phenoxy) is 2. The van der Waals surface area contributed by atoms with Gasteiger partial charge in [0.1, 0.15) is 22.9 Å². The predicted octanol–water partition coefficient (Wildman–Crippen LogP) is 10.1. The number of nitrogens with one attached hydrogen (secondary N) is 2. The Labute approximate surface area is 335 Å². The zero-order valence-corrected chi connectivity index (χ0v) is 32.2. The van der Waals surface area contributed by atoms with E-state index in [1.54, 1.807) is 12.3 Å². The normalized spacial score (nSPS) is 12.9. The van der Waals surface area contributed by atoms with E-state index >= 15 is 4.39 Å². The lowest BCUT2D eigenvalue weighted by molar-refractivity contribution is -0.153. The van der Waals surface area contributed by atoms with Gasteiger partial charge in [-0.2, -0.15) is 0 Å². The van der Waals surface area contributed by atoms with Crippen LogP contribution in [0, 0.1) is 21.1 Å². The molecule has 9 nitrogen and oxygen atoms in total. The third-order valence-electron chi connectivity index (χ3n) is 9.58. The molecule has 0 saturated heterocycles. The summed E-state index contributed by atoms with van der Waals surface area (Å²) >= 11 is 2.11. The average Bonchev–Trinajstić information content (AvgIpc) is 3.22. The Morgan fingerprint density at radius 1 is 0.839 bits per heavy atom. The molecular formula is C44H37F2IN4O5. The van der Waals surface area contributed by atoms with E-state index in [9.17, 15) is 18.8 Å². The molecule has 7 rings (SSSR count). The molecule has 12 heteroatoms. The number of carbonyl (C=O) groups is 2. The summed E-state index contributed by atoms with van der Waals surface area (Å²) in [5.41, 5.74) is 1.68. The van der Waals surface area contributed by atoms with E-state index in [0.29, 0.717) is 20.7 Å². The SMILES string of the molecule is O=C(Nc1ccc(Oc2ccnc(NC(c3ccccc3)c3ccccc3)c2I)c(F)c1)c1cn(COC(=O)C2CCCCC2)cc(-c2ccc(F)cc2)c1=O. The van der Waals surface area contributed by atoms with Crippen molar-refractivity contribution in [3.8, 4) is 22.6 Å². The molecule has 1 aliphatic rings. The monoisotopic (exact) mass is 866 g/mol. The first kappa shape index (κ1) is 38.4. The highest BCUT2D eigenvalue weighted by Crippen LogP contribution is 2.35. The van der Waals surface area contributed by atoms with Crippen molar-refractivity contribution in [2.45, 2.75) is 44.9 Å². The van der Waals surface area contributed by atoms with Gasteiger partial charge >= 0.3 is 5.97 Å². The number of anilines is 2. The number of nitrogens with zero attached hydrogens (tertiary/aromatic N) is 2. The van der Waals surface area contributed by atoms with Crippen LogP contribution < -0.4 is 20.8 Å². The Hall–Kier alpha value is -5.89. The van der Waals surface area contributed by atoms with Gasteiger partial charge in [-0.3, -0.25) is 14.4 Å². The smallest absolute Gasteiger partial charge is 0.310 e. The van der Waals surface area contributed by atoms with Crippen molar-refractivity contribution in [3.63, 3.8) is 0 Å². The maximum atomic E-state index is 15.6. The van der Waals surface area contributed by atoms with Crippen molar-refractivity contribution in [2.75, 3.05) is 10.6 Å². The summed E-state index contributed by atoms with van der Waals surface area (Å²) in [6.45, 7) is -0.241. The summed E-state index contributed by atoms with van der Waals surface area (Å²) < 4.78 is 43.0. The van der Waals surface area contributed by atoms with E-state index in [-0.39, 0.29) is 47.2 Å². The standard InChI is InChI=1S/C44H37F2IN4O5/c45-32-18-16-28(17-19-32)34-25-51(27-55-44(54)31-14-8-3-9-15-31)26-35(41(34)52)43(53)49-33-20-21-37(36(46)24-33)56-38-22-23-48-42(39(38)47)50-40(29-10-4-1-5-11-29)30-12-6-2-7-13-30/h1-2,4-7,10-13,16-26,31,40H,3,8-9,14-15,27H2,(H,48,50)(H,49,53). The van der Waals surface area contributed by atoms with Crippen molar-refractivity contribution in [1.29, 1.82) is 0 Å². The van der Waals surface area contributed by atoms with Gasteiger partial charge in [-0.05, 0) is 76.4 Å². The molecular weight excluding hydrogens is 829 g/mol. The molecule has 1 fully saturated rings. The minimum absolute atomic E-state index is 0.0713. The third kappa shape index (κ3) is 9.14. The Morgan fingerprint density at radius 3 is 2.18 bits per heavy atom. The predicted molar refractivity (Wildman–Crippen MR) is 218 cm³/mol. The minimum Gasteiger partial charge on any atom is -0.453 e. The molecule has 0 unspecified atom stereocenters. The van der Waals surface area contributed by atoms with E-state index in [0.717, 1.165) is 49.3 Å². The van der Waals surface area contributed by atoms with E-state index in [2.05, 4.69) is 38.2 Å². The number of benzene rings is 4. The van der Waals surface area contributed by atoms with Crippen LogP contribution in [0.1, 0.15) is 59.6 Å². The molecule has 2 heterocycles. The van der Waals surface area contributed by atoms with Gasteiger partial charge in [0.2, 0.25) is 5.43 Å². The molecule has 4 aromatic carbocycles. The summed E-state index contributed by atoms with van der Waals surface area (Å²) in [4.78, 5) is 44.6. The second kappa shape index (κ2) is 17.7. The van der Waals surface area contributed by atoms with Crippen molar-refractivity contribution in [3.05, 3.63) is 170 Å². The fraction of sp³-hybridized carbons (Fsp3) is 0.182. The maximum Gasteiger partial charge on any atom is 0.310 e. The van der Waals surface area contributed by atoms with Crippen molar-refractivity contribution in [1.82, 2.24) is 9.55 Å². The number of pyridine rings is 2. The van der Waals surface area contributed by atoms with Crippen LogP contribution in [0.5, 0.6) is 11.5 Å². The van der Waals surface area contributed by atoms with Crippen molar-refractivity contribution in [2.24, 2.45) is 5.92 Å². The third-order valence-corrected chi connectivity index (χ3v) is 10.6. The number of aromatic nitrogens is 2. The summed E-state index contributed by atoms with van der Waals surface area (Å²) in [6.07, 6.45) is 8.80. The van der Waals surface area contributed by atoms with Gasteiger partial charge in [0, 0.05) is 42.0 Å². The molecule has 2 aromatic heterocycles. The van der Waals surface area contributed by atoms with E-state index in [4.69, 9.17) is 9.47 Å². The highest BCUT2D eigenvalue weighted by Gasteiger charge is 2.24. The van der Waals surface area contributed by atoms with Crippen LogP contribution in [-0.2, 0) is 16.3 Å². The number of esters is 1. The quantitative estimate of drug-likeness (QED) is 0.0931. The Bertz CT molecular complexity index is 2350. The maximum absolute atomic E-state index is 15.6. The molecule has 56 heavy (non-hydrogen) atoms. The molecule has 0 bridgehead atoms. The van der Waals surface area contributed by atoms with Crippen molar-refractivity contribution < 1.29 is 27.8 Å². The Balaban J connectivity index is 1.09. The van der Waals surface area contributed by atoms with Crippen LogP contribution in [0.4, 0.5) is 20.3 Å². The second-order valence-corrected chi connectivity index (χ2v) is 14.5. The van der Waals surface area contributed by atoms with Gasteiger partial charge < -0.3 is 24.7 Å². The van der Waals surface area contributed by atoms with Gasteiger partial charge in [0.05, 0.1) is 15.5 Å². The minimum atomic E-state index is -0.815. The van der Waals surface area contributed by atoms with Gasteiger partial charge in [0.25, 0.3) is 5.91 Å². The number of hydrogen-bond donors (Lipinski definition) is 2. The molecule has 1 saturated carbocycles. The molecule has 284 valence electrons. The topological polar surface area (TPSA) is 112 Å².